The summed E-state index contributed by atoms with van der Waals surface area (Å²) in [5.74, 6) is 0. The van der Waals surface area contributed by atoms with Gasteiger partial charge in [-0.3, -0.25) is 0 Å². The van der Waals surface area contributed by atoms with Gasteiger partial charge in [0, 0.05) is 7.05 Å². The highest BCUT2D eigenvalue weighted by molar-refractivity contribution is 4.61. The van der Waals surface area contributed by atoms with E-state index in [-0.39, 0.29) is 0 Å². The predicted octanol–water partition coefficient (Wildman–Crippen LogP) is 2.50. The van der Waals surface area contributed by atoms with E-state index in [0.717, 1.165) is 13.0 Å². The molecule has 0 saturated heterocycles. The highest BCUT2D eigenvalue weighted by Crippen LogP contribution is 2.17. The summed E-state index contributed by atoms with van der Waals surface area (Å²) in [7, 11) is 1.71. The molecule has 0 aromatic rings. The van der Waals surface area contributed by atoms with Gasteiger partial charge in [-0.05, 0) is 11.8 Å². The fourth-order valence-electron chi connectivity index (χ4n) is 0.485. The molecule has 0 bridgehead atoms. The minimum atomic E-state index is 0.397. The maximum Gasteiger partial charge on any atom is 0.0603 e. The molecular formula is C7H16N2. The maximum absolute atomic E-state index is 3.88. The molecule has 0 unspecified atom stereocenters. The van der Waals surface area contributed by atoms with E-state index in [1.165, 1.54) is 0 Å². The van der Waals surface area contributed by atoms with E-state index in [4.69, 9.17) is 0 Å². The average molecular weight is 128 g/mol. The average Bonchev–Trinajstić information content (AvgIpc) is 1.63. The molecule has 0 radical (unpaired) electrons. The maximum atomic E-state index is 3.88. The van der Waals surface area contributed by atoms with Crippen LogP contribution in [0, 0.1) is 5.41 Å². The second-order valence-electron chi connectivity index (χ2n) is 3.38. The van der Waals surface area contributed by atoms with Gasteiger partial charge in [0.25, 0.3) is 0 Å². The van der Waals surface area contributed by atoms with Crippen LogP contribution < -0.4 is 0 Å². The van der Waals surface area contributed by atoms with Crippen LogP contribution in [0.5, 0.6) is 0 Å². The third kappa shape index (κ3) is 7.60. The Morgan fingerprint density at radius 2 is 1.78 bits per heavy atom. The molecule has 0 amide bonds. The lowest BCUT2D eigenvalue weighted by atomic mass is 9.93. The quantitative estimate of drug-likeness (QED) is 0.510. The van der Waals surface area contributed by atoms with Crippen LogP contribution in [0.2, 0.25) is 0 Å². The number of nitrogens with zero attached hydrogens (tertiary/aromatic N) is 2. The van der Waals surface area contributed by atoms with Gasteiger partial charge < -0.3 is 0 Å². The molecule has 0 aromatic carbocycles. The molecule has 0 atom stereocenters. The molecular weight excluding hydrogens is 112 g/mol. The topological polar surface area (TPSA) is 24.7 Å². The summed E-state index contributed by atoms with van der Waals surface area (Å²) in [6.45, 7) is 7.48. The molecule has 2 nitrogen and oxygen atoms in total. The van der Waals surface area contributed by atoms with Crippen LogP contribution in [0.4, 0.5) is 0 Å². The van der Waals surface area contributed by atoms with E-state index >= 15 is 0 Å². The lowest BCUT2D eigenvalue weighted by Gasteiger charge is -2.14. The van der Waals surface area contributed by atoms with Gasteiger partial charge in [0.2, 0.25) is 0 Å². The number of hydrogen-bond acceptors (Lipinski definition) is 2. The van der Waals surface area contributed by atoms with Crippen LogP contribution in [0.1, 0.15) is 27.2 Å². The Bertz CT molecular complexity index is 89.6. The van der Waals surface area contributed by atoms with Crippen molar-refractivity contribution < 1.29 is 0 Å². The van der Waals surface area contributed by atoms with Crippen molar-refractivity contribution >= 4 is 0 Å². The summed E-state index contributed by atoms with van der Waals surface area (Å²) in [5, 5.41) is 7.55. The molecule has 0 fully saturated rings. The van der Waals surface area contributed by atoms with Gasteiger partial charge >= 0.3 is 0 Å². The van der Waals surface area contributed by atoms with E-state index in [1.54, 1.807) is 7.05 Å². The van der Waals surface area contributed by atoms with Crippen LogP contribution >= 0.6 is 0 Å². The fourth-order valence-corrected chi connectivity index (χ4v) is 0.485. The molecule has 0 rings (SSSR count). The van der Waals surface area contributed by atoms with Crippen LogP contribution in [0.15, 0.2) is 10.2 Å². The predicted molar refractivity (Wildman–Crippen MR) is 39.7 cm³/mol. The minimum absolute atomic E-state index is 0.397. The molecule has 0 heterocycles. The van der Waals surface area contributed by atoms with Crippen molar-refractivity contribution in [1.29, 1.82) is 0 Å². The van der Waals surface area contributed by atoms with Crippen molar-refractivity contribution in [2.45, 2.75) is 27.2 Å². The van der Waals surface area contributed by atoms with Gasteiger partial charge in [0.05, 0.1) is 6.54 Å². The molecule has 0 aromatic heterocycles. The molecule has 9 heavy (non-hydrogen) atoms. The van der Waals surface area contributed by atoms with Gasteiger partial charge in [-0.1, -0.05) is 20.8 Å². The first-order valence-electron chi connectivity index (χ1n) is 3.32. The molecule has 54 valence electrons. The van der Waals surface area contributed by atoms with Crippen molar-refractivity contribution in [2.24, 2.45) is 15.6 Å². The van der Waals surface area contributed by atoms with Crippen LogP contribution in [0.25, 0.3) is 0 Å². The Kier molecular flexibility index (Phi) is 3.43. The fraction of sp³-hybridized carbons (Fsp3) is 1.00. The third-order valence-electron chi connectivity index (χ3n) is 1.10. The third-order valence-corrected chi connectivity index (χ3v) is 1.10. The van der Waals surface area contributed by atoms with Gasteiger partial charge in [-0.2, -0.15) is 10.2 Å². The van der Waals surface area contributed by atoms with Crippen molar-refractivity contribution in [3.8, 4) is 0 Å². The molecule has 2 heteroatoms. The first-order valence-corrected chi connectivity index (χ1v) is 3.32. The van der Waals surface area contributed by atoms with Crippen LogP contribution in [0.3, 0.4) is 0 Å². The minimum Gasteiger partial charge on any atom is -0.198 e. The largest absolute Gasteiger partial charge is 0.198 e. The first kappa shape index (κ1) is 8.60. The number of hydrogen-bond donors (Lipinski definition) is 0. The second-order valence-corrected chi connectivity index (χ2v) is 3.38. The summed E-state index contributed by atoms with van der Waals surface area (Å²) in [5.41, 5.74) is 0.397. The van der Waals surface area contributed by atoms with Crippen molar-refractivity contribution in [3.63, 3.8) is 0 Å². The first-order chi connectivity index (χ1) is 4.06. The Labute approximate surface area is 57.4 Å². The summed E-state index contributed by atoms with van der Waals surface area (Å²) < 4.78 is 0. The van der Waals surface area contributed by atoms with E-state index < -0.39 is 0 Å². The van der Waals surface area contributed by atoms with Crippen molar-refractivity contribution in [3.05, 3.63) is 0 Å². The van der Waals surface area contributed by atoms with Crippen molar-refractivity contribution in [2.75, 3.05) is 13.6 Å². The van der Waals surface area contributed by atoms with Gasteiger partial charge in [-0.25, -0.2) is 0 Å². The highest BCUT2D eigenvalue weighted by Gasteiger charge is 2.07. The zero-order valence-corrected chi connectivity index (χ0v) is 6.81. The zero-order chi connectivity index (χ0) is 7.33. The van der Waals surface area contributed by atoms with Crippen molar-refractivity contribution in [1.82, 2.24) is 0 Å². The van der Waals surface area contributed by atoms with E-state index in [0.29, 0.717) is 5.41 Å². The Hall–Kier alpha value is -0.400. The van der Waals surface area contributed by atoms with E-state index in [1.807, 2.05) is 0 Å². The summed E-state index contributed by atoms with van der Waals surface area (Å²) >= 11 is 0. The molecule has 0 spiro atoms. The molecule has 0 saturated carbocycles. The second kappa shape index (κ2) is 3.59. The van der Waals surface area contributed by atoms with E-state index in [9.17, 15) is 0 Å². The Morgan fingerprint density at radius 3 is 2.11 bits per heavy atom. The smallest absolute Gasteiger partial charge is 0.0603 e. The number of azo groups is 1. The van der Waals surface area contributed by atoms with Crippen LogP contribution in [-0.2, 0) is 0 Å². The molecule has 0 aliphatic heterocycles. The molecule has 0 aliphatic carbocycles. The SMILES string of the molecule is CN=NCCC(C)(C)C. The number of rotatable bonds is 2. The highest BCUT2D eigenvalue weighted by atomic mass is 15.1. The standard InChI is InChI=1S/C7H16N2/c1-7(2,3)5-6-9-8-4/h5-6H2,1-4H3. The normalized spacial score (nSPS) is 12.9. The van der Waals surface area contributed by atoms with E-state index in [2.05, 4.69) is 31.0 Å². The summed E-state index contributed by atoms with van der Waals surface area (Å²) in [6, 6.07) is 0. The Morgan fingerprint density at radius 1 is 1.22 bits per heavy atom. The molecule has 0 N–H and O–H groups in total. The monoisotopic (exact) mass is 128 g/mol. The lowest BCUT2D eigenvalue weighted by Crippen LogP contribution is -2.05. The lowest BCUT2D eigenvalue weighted by molar-refractivity contribution is 0.382. The summed E-state index contributed by atoms with van der Waals surface area (Å²) in [6.07, 6.45) is 1.12. The van der Waals surface area contributed by atoms with Gasteiger partial charge in [0.1, 0.15) is 0 Å². The Balaban J connectivity index is 3.28. The van der Waals surface area contributed by atoms with Gasteiger partial charge in [0.15, 0.2) is 0 Å². The van der Waals surface area contributed by atoms with Crippen LogP contribution in [-0.4, -0.2) is 13.6 Å². The summed E-state index contributed by atoms with van der Waals surface area (Å²) in [4.78, 5) is 0. The molecule has 0 aliphatic rings. The van der Waals surface area contributed by atoms with Gasteiger partial charge in [-0.15, -0.1) is 0 Å². The zero-order valence-electron chi connectivity index (χ0n) is 6.81.